The first-order valence-electron chi connectivity index (χ1n) is 6.24. The second kappa shape index (κ2) is 8.90. The van der Waals surface area contributed by atoms with E-state index in [2.05, 4.69) is 0 Å². The van der Waals surface area contributed by atoms with E-state index in [4.69, 9.17) is 9.47 Å². The van der Waals surface area contributed by atoms with Gasteiger partial charge in [-0.25, -0.2) is 9.59 Å². The van der Waals surface area contributed by atoms with Crippen LogP contribution < -0.4 is 0 Å². The Bertz CT molecular complexity index is 380. The van der Waals surface area contributed by atoms with Crippen molar-refractivity contribution >= 4 is 17.9 Å². The lowest BCUT2D eigenvalue weighted by atomic mass is 9.87. The minimum Gasteiger partial charge on any atom is -0.481 e. The zero-order valence-corrected chi connectivity index (χ0v) is 11.9. The lowest BCUT2D eigenvalue weighted by molar-refractivity contribution is -0.164. The third kappa shape index (κ3) is 5.69. The van der Waals surface area contributed by atoms with Crippen molar-refractivity contribution in [1.29, 1.82) is 0 Å². The molecule has 0 aliphatic carbocycles. The molecule has 0 atom stereocenters. The summed E-state index contributed by atoms with van der Waals surface area (Å²) < 4.78 is 9.75. The van der Waals surface area contributed by atoms with Gasteiger partial charge in [0.25, 0.3) is 0 Å². The average Bonchev–Trinajstić information content (AvgIpc) is 2.39. The second-order valence-electron chi connectivity index (χ2n) is 4.15. The highest BCUT2D eigenvalue weighted by molar-refractivity contribution is 5.83. The minimum absolute atomic E-state index is 0.161. The van der Waals surface area contributed by atoms with Gasteiger partial charge in [0.15, 0.2) is 0 Å². The molecule has 112 valence electrons. The molecule has 6 nitrogen and oxygen atoms in total. The summed E-state index contributed by atoms with van der Waals surface area (Å²) in [6.45, 7) is 4.20. The molecule has 0 aromatic carbocycles. The molecule has 0 fully saturated rings. The van der Waals surface area contributed by atoms with Crippen LogP contribution in [0.3, 0.4) is 0 Å². The van der Waals surface area contributed by atoms with Gasteiger partial charge in [0.05, 0.1) is 0 Å². The number of allylic oxidation sites excluding steroid dienone is 2. The molecule has 0 heterocycles. The van der Waals surface area contributed by atoms with Crippen LogP contribution in [0.25, 0.3) is 0 Å². The Morgan fingerprint density at radius 3 is 1.65 bits per heavy atom. The van der Waals surface area contributed by atoms with Gasteiger partial charge in [-0.3, -0.25) is 4.79 Å². The molecule has 0 aromatic rings. The molecule has 20 heavy (non-hydrogen) atoms. The number of carboxylic acids is 1. The molecular formula is C14H20O6. The largest absolute Gasteiger partial charge is 0.481 e. The molecule has 0 rings (SSSR count). The maximum Gasteiger partial charge on any atom is 0.330 e. The highest BCUT2D eigenvalue weighted by Gasteiger charge is 2.40. The van der Waals surface area contributed by atoms with E-state index in [9.17, 15) is 19.5 Å². The van der Waals surface area contributed by atoms with Crippen LogP contribution in [-0.4, -0.2) is 36.2 Å². The minimum atomic E-state index is -1.44. The molecule has 0 radical (unpaired) electrons. The molecule has 0 aliphatic heterocycles. The molecular weight excluding hydrogens is 264 g/mol. The van der Waals surface area contributed by atoms with E-state index in [0.29, 0.717) is 0 Å². The highest BCUT2D eigenvalue weighted by Crippen LogP contribution is 2.24. The Labute approximate surface area is 118 Å². The molecule has 0 aliphatic rings. The Hall–Kier alpha value is -2.11. The van der Waals surface area contributed by atoms with Crippen LogP contribution in [0, 0.1) is 5.41 Å². The fourth-order valence-corrected chi connectivity index (χ4v) is 1.31. The van der Waals surface area contributed by atoms with Crippen LogP contribution in [0.1, 0.15) is 27.2 Å². The third-order valence-corrected chi connectivity index (χ3v) is 2.72. The second-order valence-corrected chi connectivity index (χ2v) is 4.15. The standard InChI is InChI=1S/C14H20O6/c1-4-7-11(15)19-9-14(6-3,13(17)18)10-20-12(16)8-5-2/h4-5,7-8H,6,9-10H2,1-3H3,(H,17,18). The van der Waals surface area contributed by atoms with Gasteiger partial charge in [0, 0.05) is 12.2 Å². The van der Waals surface area contributed by atoms with Crippen molar-refractivity contribution in [3.63, 3.8) is 0 Å². The fraction of sp³-hybridized carbons (Fsp3) is 0.500. The number of carboxylic acid groups (broad SMARTS) is 1. The van der Waals surface area contributed by atoms with Crippen molar-refractivity contribution in [1.82, 2.24) is 0 Å². The monoisotopic (exact) mass is 284 g/mol. The van der Waals surface area contributed by atoms with Gasteiger partial charge in [-0.15, -0.1) is 0 Å². The summed E-state index contributed by atoms with van der Waals surface area (Å²) in [5, 5.41) is 9.29. The quantitative estimate of drug-likeness (QED) is 0.539. The predicted octanol–water partition coefficient (Wildman–Crippen LogP) is 1.71. The molecule has 0 unspecified atom stereocenters. The summed E-state index contributed by atoms with van der Waals surface area (Å²) in [5.41, 5.74) is -1.44. The Kier molecular flexibility index (Phi) is 7.96. The maximum atomic E-state index is 11.4. The SMILES string of the molecule is CC=CC(=O)OCC(CC)(COC(=O)C=CC)C(=O)O. The van der Waals surface area contributed by atoms with Gasteiger partial charge in [0.2, 0.25) is 0 Å². The first-order valence-corrected chi connectivity index (χ1v) is 6.24. The van der Waals surface area contributed by atoms with Gasteiger partial charge >= 0.3 is 17.9 Å². The van der Waals surface area contributed by atoms with E-state index in [1.807, 2.05) is 0 Å². The number of aliphatic carboxylic acids is 1. The van der Waals surface area contributed by atoms with Gasteiger partial charge in [-0.05, 0) is 20.3 Å². The van der Waals surface area contributed by atoms with Crippen molar-refractivity contribution in [2.45, 2.75) is 27.2 Å². The number of ether oxygens (including phenoxy) is 2. The smallest absolute Gasteiger partial charge is 0.330 e. The van der Waals surface area contributed by atoms with Gasteiger partial charge in [-0.2, -0.15) is 0 Å². The van der Waals surface area contributed by atoms with E-state index < -0.39 is 23.3 Å². The lowest BCUT2D eigenvalue weighted by Gasteiger charge is -2.26. The number of hydrogen-bond donors (Lipinski definition) is 1. The molecule has 0 spiro atoms. The van der Waals surface area contributed by atoms with Crippen LogP contribution in [-0.2, 0) is 23.9 Å². The first kappa shape index (κ1) is 17.9. The molecule has 6 heteroatoms. The normalized spacial score (nSPS) is 14.2. The fourth-order valence-electron chi connectivity index (χ4n) is 1.31. The molecule has 0 amide bonds. The van der Waals surface area contributed by atoms with Crippen molar-refractivity contribution in [2.75, 3.05) is 13.2 Å². The lowest BCUT2D eigenvalue weighted by Crippen LogP contribution is -2.41. The van der Waals surface area contributed by atoms with E-state index >= 15 is 0 Å². The Balaban J connectivity index is 4.78. The number of carbonyl (C=O) groups excluding carboxylic acids is 2. The average molecular weight is 284 g/mol. The summed E-state index contributed by atoms with van der Waals surface area (Å²) >= 11 is 0. The molecule has 0 saturated heterocycles. The maximum absolute atomic E-state index is 11.4. The van der Waals surface area contributed by atoms with Crippen molar-refractivity contribution in [3.8, 4) is 0 Å². The van der Waals surface area contributed by atoms with Crippen LogP contribution >= 0.6 is 0 Å². The van der Waals surface area contributed by atoms with E-state index in [-0.39, 0.29) is 19.6 Å². The number of carbonyl (C=O) groups is 3. The van der Waals surface area contributed by atoms with E-state index in [1.54, 1.807) is 20.8 Å². The first-order chi connectivity index (χ1) is 9.41. The molecule has 0 bridgehead atoms. The van der Waals surface area contributed by atoms with Crippen LogP contribution in [0.15, 0.2) is 24.3 Å². The van der Waals surface area contributed by atoms with Gasteiger partial charge in [-0.1, -0.05) is 19.1 Å². The summed E-state index contributed by atoms with van der Waals surface area (Å²) in [5.74, 6) is -2.45. The summed E-state index contributed by atoms with van der Waals surface area (Å²) in [4.78, 5) is 33.9. The number of esters is 2. The number of rotatable bonds is 8. The van der Waals surface area contributed by atoms with E-state index in [1.165, 1.54) is 24.3 Å². The zero-order valence-electron chi connectivity index (χ0n) is 11.9. The van der Waals surface area contributed by atoms with Gasteiger partial charge < -0.3 is 14.6 Å². The molecule has 0 saturated carbocycles. The Morgan fingerprint density at radius 2 is 1.40 bits per heavy atom. The molecule has 1 N–H and O–H groups in total. The van der Waals surface area contributed by atoms with Crippen molar-refractivity contribution < 1.29 is 29.0 Å². The predicted molar refractivity (Wildman–Crippen MR) is 71.9 cm³/mol. The van der Waals surface area contributed by atoms with Crippen molar-refractivity contribution in [2.24, 2.45) is 5.41 Å². The van der Waals surface area contributed by atoms with Crippen LogP contribution in [0.4, 0.5) is 0 Å². The van der Waals surface area contributed by atoms with E-state index in [0.717, 1.165) is 0 Å². The highest BCUT2D eigenvalue weighted by atomic mass is 16.5. The van der Waals surface area contributed by atoms with Crippen molar-refractivity contribution in [3.05, 3.63) is 24.3 Å². The summed E-state index contributed by atoms with van der Waals surface area (Å²) in [6, 6.07) is 0. The zero-order chi connectivity index (χ0) is 15.6. The summed E-state index contributed by atoms with van der Waals surface area (Å²) in [6.07, 6.45) is 5.52. The number of hydrogen-bond acceptors (Lipinski definition) is 5. The molecule has 0 aromatic heterocycles. The topological polar surface area (TPSA) is 89.9 Å². The van der Waals surface area contributed by atoms with Gasteiger partial charge in [0.1, 0.15) is 18.6 Å². The Morgan fingerprint density at radius 1 is 1.00 bits per heavy atom. The third-order valence-electron chi connectivity index (χ3n) is 2.72. The van der Waals surface area contributed by atoms with Crippen LogP contribution in [0.5, 0.6) is 0 Å². The van der Waals surface area contributed by atoms with Crippen LogP contribution in [0.2, 0.25) is 0 Å². The summed E-state index contributed by atoms with van der Waals surface area (Å²) in [7, 11) is 0.